The molecule has 17 heavy (non-hydrogen) atoms. The summed E-state index contributed by atoms with van der Waals surface area (Å²) in [5.41, 5.74) is 2.59. The van der Waals surface area contributed by atoms with E-state index in [2.05, 4.69) is 37.3 Å². The molecule has 0 radical (unpaired) electrons. The molecule has 0 bridgehead atoms. The fourth-order valence-corrected chi connectivity index (χ4v) is 1.80. The predicted molar refractivity (Wildman–Crippen MR) is 73.6 cm³/mol. The Morgan fingerprint density at radius 2 is 1.88 bits per heavy atom. The third-order valence-electron chi connectivity index (χ3n) is 2.82. The summed E-state index contributed by atoms with van der Waals surface area (Å²) in [6, 6.07) is 10.7. The zero-order valence-electron chi connectivity index (χ0n) is 10.7. The Kier molecular flexibility index (Phi) is 6.82. The number of rotatable bonds is 7. The average molecular weight is 227 g/mol. The van der Waals surface area contributed by atoms with Crippen molar-refractivity contribution in [2.24, 2.45) is 0 Å². The van der Waals surface area contributed by atoms with E-state index < -0.39 is 0 Å². The van der Waals surface area contributed by atoms with Gasteiger partial charge in [-0.1, -0.05) is 62.6 Å². The summed E-state index contributed by atoms with van der Waals surface area (Å²) in [5.74, 6) is 0. The van der Waals surface area contributed by atoms with Crippen LogP contribution in [0.1, 0.15) is 50.2 Å². The van der Waals surface area contributed by atoms with Crippen molar-refractivity contribution in [2.45, 2.75) is 45.4 Å². The zero-order valence-corrected chi connectivity index (χ0v) is 10.7. The number of aryl methyl sites for hydroxylation is 1. The summed E-state index contributed by atoms with van der Waals surface area (Å²) in [5, 5.41) is 8.43. The molecule has 0 aliphatic carbocycles. The van der Waals surface area contributed by atoms with Gasteiger partial charge in [0.25, 0.3) is 0 Å². The lowest BCUT2D eigenvalue weighted by atomic mass is 10.0. The van der Waals surface area contributed by atoms with E-state index >= 15 is 0 Å². The van der Waals surface area contributed by atoms with E-state index in [-0.39, 0.29) is 0 Å². The first-order valence-corrected chi connectivity index (χ1v) is 6.49. The van der Waals surface area contributed by atoms with Crippen molar-refractivity contribution in [1.29, 1.82) is 5.26 Å². The first kappa shape index (κ1) is 13.5. The molecular formula is C16H21N. The van der Waals surface area contributed by atoms with Gasteiger partial charge in [0.1, 0.15) is 0 Å². The molecule has 0 aliphatic rings. The standard InChI is InChI=1S/C16H21N/c1-2-3-4-5-8-15-10-12-16(13-11-15)9-6-7-14-17/h6,9-13H,2-5,7-8H2,1H3. The molecule has 0 aliphatic heterocycles. The molecule has 0 unspecified atom stereocenters. The van der Waals surface area contributed by atoms with Gasteiger partial charge in [0.15, 0.2) is 0 Å². The molecule has 0 amide bonds. The van der Waals surface area contributed by atoms with Crippen molar-refractivity contribution < 1.29 is 0 Å². The lowest BCUT2D eigenvalue weighted by Crippen LogP contribution is -1.85. The highest BCUT2D eigenvalue weighted by atomic mass is 14.2. The van der Waals surface area contributed by atoms with Crippen LogP contribution in [0.25, 0.3) is 6.08 Å². The molecule has 1 aromatic carbocycles. The summed E-state index contributed by atoms with van der Waals surface area (Å²) >= 11 is 0. The second-order valence-electron chi connectivity index (χ2n) is 4.32. The van der Waals surface area contributed by atoms with E-state index in [0.717, 1.165) is 0 Å². The van der Waals surface area contributed by atoms with Crippen molar-refractivity contribution in [2.75, 3.05) is 0 Å². The zero-order chi connectivity index (χ0) is 12.3. The third kappa shape index (κ3) is 5.92. The van der Waals surface area contributed by atoms with Crippen molar-refractivity contribution in [3.05, 3.63) is 41.5 Å². The second kappa shape index (κ2) is 8.58. The van der Waals surface area contributed by atoms with E-state index in [4.69, 9.17) is 5.26 Å². The van der Waals surface area contributed by atoms with Crippen LogP contribution in [0.15, 0.2) is 30.3 Å². The summed E-state index contributed by atoms with van der Waals surface area (Å²) < 4.78 is 0. The summed E-state index contributed by atoms with van der Waals surface area (Å²) in [7, 11) is 0. The first-order valence-electron chi connectivity index (χ1n) is 6.49. The maximum Gasteiger partial charge on any atom is 0.0663 e. The van der Waals surface area contributed by atoms with E-state index in [0.29, 0.717) is 6.42 Å². The molecule has 0 heterocycles. The van der Waals surface area contributed by atoms with Gasteiger partial charge in [0.2, 0.25) is 0 Å². The highest BCUT2D eigenvalue weighted by Gasteiger charge is 1.93. The lowest BCUT2D eigenvalue weighted by molar-refractivity contribution is 0.667. The molecule has 0 N–H and O–H groups in total. The van der Waals surface area contributed by atoms with E-state index in [1.165, 1.54) is 43.2 Å². The molecule has 0 fully saturated rings. The average Bonchev–Trinajstić information content (AvgIpc) is 2.37. The van der Waals surface area contributed by atoms with Gasteiger partial charge in [0.05, 0.1) is 12.5 Å². The Labute approximate surface area is 105 Å². The fraction of sp³-hybridized carbons (Fsp3) is 0.438. The Balaban J connectivity index is 2.37. The minimum atomic E-state index is 0.485. The molecule has 1 nitrogen and oxygen atoms in total. The van der Waals surface area contributed by atoms with Crippen LogP contribution in [0.4, 0.5) is 0 Å². The van der Waals surface area contributed by atoms with Crippen LogP contribution < -0.4 is 0 Å². The highest BCUT2D eigenvalue weighted by Crippen LogP contribution is 2.10. The maximum absolute atomic E-state index is 8.43. The minimum Gasteiger partial charge on any atom is -0.198 e. The van der Waals surface area contributed by atoms with Crippen molar-refractivity contribution in [3.63, 3.8) is 0 Å². The number of hydrogen-bond acceptors (Lipinski definition) is 1. The monoisotopic (exact) mass is 227 g/mol. The van der Waals surface area contributed by atoms with Crippen LogP contribution >= 0.6 is 0 Å². The lowest BCUT2D eigenvalue weighted by Gasteiger charge is -2.01. The van der Waals surface area contributed by atoms with Crippen molar-refractivity contribution >= 4 is 6.08 Å². The van der Waals surface area contributed by atoms with Crippen LogP contribution in [0.2, 0.25) is 0 Å². The van der Waals surface area contributed by atoms with Crippen LogP contribution in [0.5, 0.6) is 0 Å². The molecule has 0 atom stereocenters. The van der Waals surface area contributed by atoms with E-state index in [9.17, 15) is 0 Å². The Hall–Kier alpha value is -1.55. The van der Waals surface area contributed by atoms with Gasteiger partial charge < -0.3 is 0 Å². The molecule has 1 rings (SSSR count). The van der Waals surface area contributed by atoms with Crippen molar-refractivity contribution in [3.8, 4) is 6.07 Å². The fourth-order valence-electron chi connectivity index (χ4n) is 1.80. The smallest absolute Gasteiger partial charge is 0.0663 e. The Bertz CT molecular complexity index is 368. The molecule has 0 aromatic heterocycles. The summed E-state index contributed by atoms with van der Waals surface area (Å²) in [6.07, 6.45) is 10.8. The molecule has 0 saturated heterocycles. The normalized spacial score (nSPS) is 10.6. The van der Waals surface area contributed by atoms with Crippen LogP contribution in [0, 0.1) is 11.3 Å². The number of allylic oxidation sites excluding steroid dienone is 1. The number of benzene rings is 1. The van der Waals surface area contributed by atoms with Gasteiger partial charge in [-0.25, -0.2) is 0 Å². The summed E-state index contributed by atoms with van der Waals surface area (Å²) in [4.78, 5) is 0. The largest absolute Gasteiger partial charge is 0.198 e. The molecular weight excluding hydrogens is 206 g/mol. The number of unbranched alkanes of at least 4 members (excludes halogenated alkanes) is 3. The topological polar surface area (TPSA) is 23.8 Å². The minimum absolute atomic E-state index is 0.485. The van der Waals surface area contributed by atoms with Gasteiger partial charge in [-0.2, -0.15) is 5.26 Å². The quantitative estimate of drug-likeness (QED) is 0.617. The molecule has 90 valence electrons. The summed E-state index contributed by atoms with van der Waals surface area (Å²) in [6.45, 7) is 2.24. The maximum atomic E-state index is 8.43. The van der Waals surface area contributed by atoms with E-state index in [1.807, 2.05) is 12.2 Å². The number of nitrogens with zero attached hydrogens (tertiary/aromatic N) is 1. The Morgan fingerprint density at radius 1 is 1.12 bits per heavy atom. The number of nitriles is 1. The Morgan fingerprint density at radius 3 is 2.53 bits per heavy atom. The molecule has 0 spiro atoms. The molecule has 1 aromatic rings. The SMILES string of the molecule is CCCCCCc1ccc(C=CCC#N)cc1. The van der Waals surface area contributed by atoms with Gasteiger partial charge in [-0.15, -0.1) is 0 Å². The predicted octanol–water partition coefficient (Wildman–Crippen LogP) is 4.74. The van der Waals surface area contributed by atoms with E-state index in [1.54, 1.807) is 0 Å². The van der Waals surface area contributed by atoms with Gasteiger partial charge in [-0.05, 0) is 24.0 Å². The van der Waals surface area contributed by atoms with Crippen LogP contribution in [-0.2, 0) is 6.42 Å². The second-order valence-corrected chi connectivity index (χ2v) is 4.32. The first-order chi connectivity index (χ1) is 8.36. The highest BCUT2D eigenvalue weighted by molar-refractivity contribution is 5.49. The van der Waals surface area contributed by atoms with Gasteiger partial charge >= 0.3 is 0 Å². The van der Waals surface area contributed by atoms with Crippen LogP contribution in [-0.4, -0.2) is 0 Å². The molecule has 0 saturated carbocycles. The van der Waals surface area contributed by atoms with Crippen LogP contribution in [0.3, 0.4) is 0 Å². The van der Waals surface area contributed by atoms with Gasteiger partial charge in [-0.3, -0.25) is 0 Å². The molecule has 1 heteroatoms. The van der Waals surface area contributed by atoms with Gasteiger partial charge in [0, 0.05) is 0 Å². The van der Waals surface area contributed by atoms with Crippen molar-refractivity contribution in [1.82, 2.24) is 0 Å². The number of hydrogen-bond donors (Lipinski definition) is 0. The third-order valence-corrected chi connectivity index (χ3v) is 2.82.